The van der Waals surface area contributed by atoms with Crippen LogP contribution in [0.4, 0.5) is 11.5 Å². The average Bonchev–Trinajstić information content (AvgIpc) is 3.36. The fourth-order valence-electron chi connectivity index (χ4n) is 2.87. The van der Waals surface area contributed by atoms with E-state index in [0.717, 1.165) is 39.2 Å². The Morgan fingerprint density at radius 3 is 3.08 bits per heavy atom. The van der Waals surface area contributed by atoms with Crippen molar-refractivity contribution in [2.45, 2.75) is 13.5 Å². The third-order valence-electron chi connectivity index (χ3n) is 4.07. The number of rotatable bonds is 4. The molecule has 0 fully saturated rings. The van der Waals surface area contributed by atoms with Gasteiger partial charge in [-0.15, -0.1) is 0 Å². The number of pyridine rings is 2. The van der Waals surface area contributed by atoms with Crippen LogP contribution < -0.4 is 5.32 Å². The lowest BCUT2D eigenvalue weighted by atomic mass is 10.3. The van der Waals surface area contributed by atoms with Crippen LogP contribution in [0.2, 0.25) is 0 Å². The van der Waals surface area contributed by atoms with Gasteiger partial charge in [-0.2, -0.15) is 10.2 Å². The summed E-state index contributed by atoms with van der Waals surface area (Å²) in [6, 6.07) is 7.66. The number of fused-ring (bicyclic) bond motifs is 2. The minimum Gasteiger partial charge on any atom is -0.361 e. The Morgan fingerprint density at radius 1 is 1.23 bits per heavy atom. The van der Waals surface area contributed by atoms with E-state index in [-0.39, 0.29) is 0 Å². The van der Waals surface area contributed by atoms with Crippen molar-refractivity contribution < 1.29 is 4.52 Å². The molecule has 0 amide bonds. The summed E-state index contributed by atoms with van der Waals surface area (Å²) in [5.41, 5.74) is 4.96. The van der Waals surface area contributed by atoms with E-state index in [9.17, 15) is 0 Å². The number of H-pyrrole nitrogens is 1. The Kier molecular flexibility index (Phi) is 3.17. The Bertz CT molecular complexity index is 1220. The van der Waals surface area contributed by atoms with Crippen molar-refractivity contribution >= 4 is 33.6 Å². The zero-order valence-corrected chi connectivity index (χ0v) is 13.8. The van der Waals surface area contributed by atoms with E-state index in [1.165, 1.54) is 0 Å². The molecule has 0 bridgehead atoms. The van der Waals surface area contributed by atoms with E-state index < -0.39 is 0 Å². The molecule has 0 aliphatic heterocycles. The van der Waals surface area contributed by atoms with E-state index in [4.69, 9.17) is 4.52 Å². The minimum atomic E-state index is 0.513. The number of aromatic nitrogens is 7. The van der Waals surface area contributed by atoms with Gasteiger partial charge in [-0.05, 0) is 25.1 Å². The van der Waals surface area contributed by atoms with Crippen LogP contribution in [-0.4, -0.2) is 35.1 Å². The predicted octanol–water partition coefficient (Wildman–Crippen LogP) is 2.79. The van der Waals surface area contributed by atoms with Gasteiger partial charge in [-0.3, -0.25) is 19.7 Å². The molecule has 0 aliphatic rings. The van der Waals surface area contributed by atoms with E-state index >= 15 is 0 Å². The molecule has 5 aromatic rings. The highest BCUT2D eigenvalue weighted by atomic mass is 16.5. The number of nitrogens with one attached hydrogen (secondary N) is 2. The zero-order chi connectivity index (χ0) is 17.5. The Labute approximate surface area is 147 Å². The second kappa shape index (κ2) is 5.66. The van der Waals surface area contributed by atoms with Crippen LogP contribution in [0.25, 0.3) is 22.1 Å². The van der Waals surface area contributed by atoms with Gasteiger partial charge in [0.15, 0.2) is 5.82 Å². The van der Waals surface area contributed by atoms with Gasteiger partial charge in [-0.1, -0.05) is 5.16 Å². The summed E-state index contributed by atoms with van der Waals surface area (Å²) in [4.78, 5) is 8.81. The lowest BCUT2D eigenvalue weighted by Gasteiger charge is -2.05. The van der Waals surface area contributed by atoms with Crippen molar-refractivity contribution in [1.82, 2.24) is 35.1 Å². The number of nitrogens with zero attached hydrogens (tertiary/aromatic N) is 6. The number of hydrogen-bond acceptors (Lipinski definition) is 7. The maximum absolute atomic E-state index is 5.12. The topological polar surface area (TPSA) is 110 Å². The fraction of sp³-hybridized carbons (Fsp3) is 0.118. The molecule has 0 unspecified atom stereocenters. The van der Waals surface area contributed by atoms with Crippen molar-refractivity contribution in [3.05, 3.63) is 54.3 Å². The van der Waals surface area contributed by atoms with Gasteiger partial charge in [0, 0.05) is 12.3 Å². The highest BCUT2D eigenvalue weighted by Crippen LogP contribution is 2.24. The third kappa shape index (κ3) is 2.46. The molecule has 9 heteroatoms. The van der Waals surface area contributed by atoms with Gasteiger partial charge in [0.05, 0.1) is 35.7 Å². The van der Waals surface area contributed by atoms with E-state index in [2.05, 4.69) is 35.7 Å². The molecule has 0 aliphatic carbocycles. The average molecular weight is 346 g/mol. The van der Waals surface area contributed by atoms with E-state index in [0.29, 0.717) is 12.4 Å². The van der Waals surface area contributed by atoms with E-state index in [1.54, 1.807) is 18.6 Å². The second-order valence-corrected chi connectivity index (χ2v) is 5.96. The third-order valence-corrected chi connectivity index (χ3v) is 4.07. The molecule has 5 heterocycles. The van der Waals surface area contributed by atoms with Crippen LogP contribution in [0.1, 0.15) is 11.5 Å². The molecule has 9 nitrogen and oxygen atoms in total. The van der Waals surface area contributed by atoms with Crippen LogP contribution in [-0.2, 0) is 6.54 Å². The zero-order valence-electron chi connectivity index (χ0n) is 13.8. The number of aromatic amines is 1. The van der Waals surface area contributed by atoms with Gasteiger partial charge in [0.2, 0.25) is 0 Å². The number of aryl methyl sites for hydroxylation is 1. The molecule has 26 heavy (non-hydrogen) atoms. The first-order valence-corrected chi connectivity index (χ1v) is 8.06. The van der Waals surface area contributed by atoms with E-state index in [1.807, 2.05) is 35.9 Å². The maximum atomic E-state index is 5.12. The first kappa shape index (κ1) is 14.6. The normalized spacial score (nSPS) is 11.4. The van der Waals surface area contributed by atoms with Crippen LogP contribution >= 0.6 is 0 Å². The molecule has 0 spiro atoms. The summed E-state index contributed by atoms with van der Waals surface area (Å²) in [6.07, 6.45) is 5.22. The standard InChI is InChI=1S/C17H14N8O/c1-10-5-12(24-26-10)9-25-15-6-11(7-19-14(15)8-20-25)21-17-16-13(22-23-17)3-2-4-18-16/h2-8H,9H2,1H3,(H2,21,22,23). The summed E-state index contributed by atoms with van der Waals surface area (Å²) >= 11 is 0. The first-order valence-electron chi connectivity index (χ1n) is 8.06. The molecule has 0 saturated heterocycles. The summed E-state index contributed by atoms with van der Waals surface area (Å²) < 4.78 is 6.96. The lowest BCUT2D eigenvalue weighted by molar-refractivity contribution is 0.388. The van der Waals surface area contributed by atoms with Crippen molar-refractivity contribution in [1.29, 1.82) is 0 Å². The molecule has 5 aromatic heterocycles. The molecule has 0 atom stereocenters. The van der Waals surface area contributed by atoms with Gasteiger partial charge < -0.3 is 9.84 Å². The molecule has 5 rings (SSSR count). The van der Waals surface area contributed by atoms with Crippen molar-refractivity contribution in [3.63, 3.8) is 0 Å². The van der Waals surface area contributed by atoms with Crippen LogP contribution in [0.5, 0.6) is 0 Å². The maximum Gasteiger partial charge on any atom is 0.178 e. The first-order chi connectivity index (χ1) is 12.8. The van der Waals surface area contributed by atoms with Crippen molar-refractivity contribution in [2.24, 2.45) is 0 Å². The molecule has 128 valence electrons. The van der Waals surface area contributed by atoms with Gasteiger partial charge in [-0.25, -0.2) is 0 Å². The Hall–Kier alpha value is -3.75. The summed E-state index contributed by atoms with van der Waals surface area (Å²) in [5.74, 6) is 1.43. The molecule has 0 radical (unpaired) electrons. The predicted molar refractivity (Wildman–Crippen MR) is 95.0 cm³/mol. The smallest absolute Gasteiger partial charge is 0.178 e. The molecule has 2 N–H and O–H groups in total. The monoisotopic (exact) mass is 346 g/mol. The van der Waals surface area contributed by atoms with Crippen molar-refractivity contribution in [2.75, 3.05) is 5.32 Å². The Morgan fingerprint density at radius 2 is 2.19 bits per heavy atom. The molecule has 0 saturated carbocycles. The van der Waals surface area contributed by atoms with Gasteiger partial charge >= 0.3 is 0 Å². The van der Waals surface area contributed by atoms with Crippen molar-refractivity contribution in [3.8, 4) is 0 Å². The van der Waals surface area contributed by atoms with Crippen LogP contribution in [0, 0.1) is 6.92 Å². The second-order valence-electron chi connectivity index (χ2n) is 5.96. The summed E-state index contributed by atoms with van der Waals surface area (Å²) in [5, 5.41) is 18.9. The molecule has 0 aromatic carbocycles. The fourth-order valence-corrected chi connectivity index (χ4v) is 2.87. The Balaban J connectivity index is 1.50. The molecular formula is C17H14N8O. The highest BCUT2D eigenvalue weighted by molar-refractivity contribution is 5.88. The quantitative estimate of drug-likeness (QED) is 0.515. The minimum absolute atomic E-state index is 0.513. The SMILES string of the molecule is Cc1cc(Cn2ncc3ncc(Nc4n[nH]c5cccnc45)cc32)no1. The lowest BCUT2D eigenvalue weighted by Crippen LogP contribution is -2.02. The largest absolute Gasteiger partial charge is 0.361 e. The van der Waals surface area contributed by atoms with Gasteiger partial charge in [0.1, 0.15) is 22.5 Å². The van der Waals surface area contributed by atoms with Crippen LogP contribution in [0.3, 0.4) is 0 Å². The summed E-state index contributed by atoms with van der Waals surface area (Å²) in [6.45, 7) is 2.38. The number of hydrogen-bond donors (Lipinski definition) is 2. The molecular weight excluding hydrogens is 332 g/mol. The van der Waals surface area contributed by atoms with Gasteiger partial charge in [0.25, 0.3) is 0 Å². The summed E-state index contributed by atoms with van der Waals surface area (Å²) in [7, 11) is 0. The van der Waals surface area contributed by atoms with Crippen LogP contribution in [0.15, 0.2) is 47.4 Å². The number of anilines is 2. The highest BCUT2D eigenvalue weighted by Gasteiger charge is 2.11.